The van der Waals surface area contributed by atoms with Gasteiger partial charge in [-0.05, 0) is 18.6 Å². The van der Waals surface area contributed by atoms with Gasteiger partial charge in [-0.25, -0.2) is 4.98 Å². The summed E-state index contributed by atoms with van der Waals surface area (Å²) >= 11 is 3.37. The van der Waals surface area contributed by atoms with E-state index < -0.39 is 0 Å². The number of nitrogens with zero attached hydrogens (tertiary/aromatic N) is 1. The van der Waals surface area contributed by atoms with Gasteiger partial charge in [-0.2, -0.15) is 0 Å². The molecule has 0 aliphatic rings. The molecule has 1 aromatic rings. The SMILES string of the molecule is CCCNc1cc(Br)ccn1. The van der Waals surface area contributed by atoms with Gasteiger partial charge in [0, 0.05) is 17.2 Å². The summed E-state index contributed by atoms with van der Waals surface area (Å²) < 4.78 is 1.06. The molecule has 2 nitrogen and oxygen atoms in total. The summed E-state index contributed by atoms with van der Waals surface area (Å²) in [7, 11) is 0. The quantitative estimate of drug-likeness (QED) is 0.838. The van der Waals surface area contributed by atoms with Crippen LogP contribution in [0.15, 0.2) is 22.8 Å². The first kappa shape index (κ1) is 8.53. The fraction of sp³-hybridized carbons (Fsp3) is 0.375. The third-order valence-corrected chi connectivity index (χ3v) is 1.77. The van der Waals surface area contributed by atoms with Crippen LogP contribution in [0.5, 0.6) is 0 Å². The van der Waals surface area contributed by atoms with Crippen LogP contribution in [-0.2, 0) is 0 Å². The molecular weight excluding hydrogens is 204 g/mol. The Labute approximate surface area is 75.2 Å². The summed E-state index contributed by atoms with van der Waals surface area (Å²) in [5.41, 5.74) is 0. The number of pyridine rings is 1. The van der Waals surface area contributed by atoms with Gasteiger partial charge in [-0.1, -0.05) is 22.9 Å². The second kappa shape index (κ2) is 4.34. The molecule has 0 bridgehead atoms. The Hall–Kier alpha value is -0.570. The van der Waals surface area contributed by atoms with Crippen molar-refractivity contribution in [2.75, 3.05) is 11.9 Å². The van der Waals surface area contributed by atoms with Gasteiger partial charge in [0.25, 0.3) is 0 Å². The molecule has 1 heterocycles. The summed E-state index contributed by atoms with van der Waals surface area (Å²) in [4.78, 5) is 4.14. The van der Waals surface area contributed by atoms with Crippen molar-refractivity contribution in [3.8, 4) is 0 Å². The number of nitrogens with one attached hydrogen (secondary N) is 1. The smallest absolute Gasteiger partial charge is 0.127 e. The lowest BCUT2D eigenvalue weighted by Gasteiger charge is -2.02. The zero-order chi connectivity index (χ0) is 8.10. The van der Waals surface area contributed by atoms with Gasteiger partial charge in [-0.3, -0.25) is 0 Å². The van der Waals surface area contributed by atoms with Gasteiger partial charge in [0.05, 0.1) is 0 Å². The highest BCUT2D eigenvalue weighted by molar-refractivity contribution is 9.10. The largest absolute Gasteiger partial charge is 0.370 e. The minimum atomic E-state index is 0.932. The van der Waals surface area contributed by atoms with Crippen molar-refractivity contribution in [2.24, 2.45) is 0 Å². The monoisotopic (exact) mass is 214 g/mol. The van der Waals surface area contributed by atoms with Crippen molar-refractivity contribution in [3.05, 3.63) is 22.8 Å². The average Bonchev–Trinajstić information content (AvgIpc) is 2.01. The van der Waals surface area contributed by atoms with Crippen LogP contribution in [0.4, 0.5) is 5.82 Å². The van der Waals surface area contributed by atoms with Crippen LogP contribution in [0.2, 0.25) is 0 Å². The fourth-order valence-electron chi connectivity index (χ4n) is 0.755. The second-order valence-corrected chi connectivity index (χ2v) is 3.20. The molecule has 60 valence electrons. The molecule has 0 atom stereocenters. The minimum absolute atomic E-state index is 0.932. The molecule has 0 amide bonds. The predicted octanol–water partition coefficient (Wildman–Crippen LogP) is 2.67. The normalized spacial score (nSPS) is 9.64. The molecule has 0 spiro atoms. The van der Waals surface area contributed by atoms with Crippen LogP contribution in [0, 0.1) is 0 Å². The Morgan fingerprint density at radius 2 is 2.45 bits per heavy atom. The van der Waals surface area contributed by atoms with Crippen LogP contribution < -0.4 is 5.32 Å². The molecule has 0 saturated carbocycles. The molecule has 0 aliphatic carbocycles. The van der Waals surface area contributed by atoms with Crippen molar-refractivity contribution >= 4 is 21.7 Å². The van der Waals surface area contributed by atoms with E-state index in [2.05, 4.69) is 33.2 Å². The Bertz CT molecular complexity index is 225. The van der Waals surface area contributed by atoms with E-state index in [1.807, 2.05) is 12.1 Å². The van der Waals surface area contributed by atoms with Crippen molar-refractivity contribution in [1.82, 2.24) is 4.98 Å². The van der Waals surface area contributed by atoms with E-state index in [1.54, 1.807) is 6.20 Å². The Balaban J connectivity index is 2.56. The lowest BCUT2D eigenvalue weighted by atomic mass is 10.4. The maximum atomic E-state index is 4.14. The second-order valence-electron chi connectivity index (χ2n) is 2.29. The Morgan fingerprint density at radius 3 is 3.09 bits per heavy atom. The van der Waals surface area contributed by atoms with Crippen molar-refractivity contribution in [1.29, 1.82) is 0 Å². The van der Waals surface area contributed by atoms with E-state index in [0.717, 1.165) is 23.3 Å². The highest BCUT2D eigenvalue weighted by atomic mass is 79.9. The van der Waals surface area contributed by atoms with Crippen LogP contribution in [0.1, 0.15) is 13.3 Å². The first-order valence-electron chi connectivity index (χ1n) is 3.68. The van der Waals surface area contributed by atoms with Gasteiger partial charge in [0.1, 0.15) is 5.82 Å². The maximum Gasteiger partial charge on any atom is 0.127 e. The van der Waals surface area contributed by atoms with Crippen LogP contribution in [0.3, 0.4) is 0 Å². The van der Waals surface area contributed by atoms with Gasteiger partial charge in [0.15, 0.2) is 0 Å². The van der Waals surface area contributed by atoms with Gasteiger partial charge < -0.3 is 5.32 Å². The highest BCUT2D eigenvalue weighted by Crippen LogP contribution is 2.12. The molecule has 1 aromatic heterocycles. The van der Waals surface area contributed by atoms with E-state index in [1.165, 1.54) is 0 Å². The lowest BCUT2D eigenvalue weighted by Crippen LogP contribution is -2.00. The molecule has 1 N–H and O–H groups in total. The predicted molar refractivity (Wildman–Crippen MR) is 50.7 cm³/mol. The maximum absolute atomic E-state index is 4.14. The number of rotatable bonds is 3. The summed E-state index contributed by atoms with van der Waals surface area (Å²) in [6.07, 6.45) is 2.90. The van der Waals surface area contributed by atoms with Crippen molar-refractivity contribution in [2.45, 2.75) is 13.3 Å². The molecule has 3 heteroatoms. The number of aromatic nitrogens is 1. The first-order chi connectivity index (χ1) is 5.33. The summed E-state index contributed by atoms with van der Waals surface area (Å²) in [5, 5.41) is 3.19. The van der Waals surface area contributed by atoms with Gasteiger partial charge in [0.2, 0.25) is 0 Å². The molecular formula is C8H11BrN2. The standard InChI is InChI=1S/C8H11BrN2/c1-2-4-10-8-6-7(9)3-5-11-8/h3,5-6H,2,4H2,1H3,(H,10,11). The number of hydrogen-bond acceptors (Lipinski definition) is 2. The third-order valence-electron chi connectivity index (χ3n) is 1.28. The summed E-state index contributed by atoms with van der Waals surface area (Å²) in [6, 6.07) is 3.88. The van der Waals surface area contributed by atoms with E-state index in [9.17, 15) is 0 Å². The molecule has 0 aromatic carbocycles. The van der Waals surface area contributed by atoms with Gasteiger partial charge >= 0.3 is 0 Å². The Morgan fingerprint density at radius 1 is 1.64 bits per heavy atom. The molecule has 11 heavy (non-hydrogen) atoms. The topological polar surface area (TPSA) is 24.9 Å². The molecule has 0 unspecified atom stereocenters. The van der Waals surface area contributed by atoms with E-state index in [-0.39, 0.29) is 0 Å². The molecule has 0 radical (unpaired) electrons. The summed E-state index contributed by atoms with van der Waals surface area (Å²) in [6.45, 7) is 3.11. The van der Waals surface area contributed by atoms with E-state index >= 15 is 0 Å². The number of anilines is 1. The molecule has 0 fully saturated rings. The number of hydrogen-bond donors (Lipinski definition) is 1. The average molecular weight is 215 g/mol. The zero-order valence-corrected chi connectivity index (χ0v) is 8.06. The molecule has 0 saturated heterocycles. The zero-order valence-electron chi connectivity index (χ0n) is 6.47. The van der Waals surface area contributed by atoms with Crippen LogP contribution >= 0.6 is 15.9 Å². The van der Waals surface area contributed by atoms with Crippen LogP contribution in [-0.4, -0.2) is 11.5 Å². The minimum Gasteiger partial charge on any atom is -0.370 e. The first-order valence-corrected chi connectivity index (χ1v) is 4.47. The lowest BCUT2D eigenvalue weighted by molar-refractivity contribution is 0.969. The fourth-order valence-corrected chi connectivity index (χ4v) is 1.09. The molecule has 1 rings (SSSR count). The van der Waals surface area contributed by atoms with E-state index in [0.29, 0.717) is 0 Å². The van der Waals surface area contributed by atoms with Crippen molar-refractivity contribution < 1.29 is 0 Å². The Kier molecular flexibility index (Phi) is 3.36. The molecule has 0 aliphatic heterocycles. The highest BCUT2D eigenvalue weighted by Gasteiger charge is 1.91. The van der Waals surface area contributed by atoms with E-state index in [4.69, 9.17) is 0 Å². The van der Waals surface area contributed by atoms with Crippen molar-refractivity contribution in [3.63, 3.8) is 0 Å². The third kappa shape index (κ3) is 2.89. The van der Waals surface area contributed by atoms with Gasteiger partial charge in [-0.15, -0.1) is 0 Å². The number of halogens is 1. The van der Waals surface area contributed by atoms with Crippen LogP contribution in [0.25, 0.3) is 0 Å². The summed E-state index contributed by atoms with van der Waals surface area (Å²) in [5.74, 6) is 0.932.